The summed E-state index contributed by atoms with van der Waals surface area (Å²) in [6.45, 7) is 11.9. The summed E-state index contributed by atoms with van der Waals surface area (Å²) in [6, 6.07) is 8.76. The zero-order chi connectivity index (χ0) is 28.5. The first-order valence-electron chi connectivity index (χ1n) is 13.1. The number of nitrogens with two attached hydrogens (primary N) is 1. The van der Waals surface area contributed by atoms with E-state index in [2.05, 4.69) is 46.1 Å². The van der Waals surface area contributed by atoms with Gasteiger partial charge in [-0.1, -0.05) is 26.8 Å². The molecule has 0 bridgehead atoms. The molecule has 0 unspecified atom stereocenters. The molecule has 1 atom stereocenters. The monoisotopic (exact) mass is 546 g/mol. The second-order valence-electron chi connectivity index (χ2n) is 11.3. The average Bonchev–Trinajstić information content (AvgIpc) is 3.26. The number of H-pyrrole nitrogens is 1. The fraction of sp³-hybridized carbons (Fsp3) is 0.500. The highest BCUT2D eigenvalue weighted by atomic mass is 19.4. The molecule has 39 heavy (non-hydrogen) atoms. The topological polar surface area (TPSA) is 99.5 Å². The van der Waals surface area contributed by atoms with Crippen molar-refractivity contribution in [3.63, 3.8) is 0 Å². The fourth-order valence-electron chi connectivity index (χ4n) is 4.67. The Labute approximate surface area is 226 Å². The highest BCUT2D eigenvalue weighted by Crippen LogP contribution is 2.38. The number of alkyl halides is 3. The maximum Gasteiger partial charge on any atom is 0.425 e. The Bertz CT molecular complexity index is 1320. The standard InChI is InChI=1S/C28H37F3N6O2/c1-17(28(29,30)31)39-23-16-19(14-21-24(23)25(32)35-34-21)18-6-7-20(26(38)33-5)22(15-18)37-12-10-36(11-13-37)9-8-27(2,3)4/h6-7,14-17H,8-13H2,1-5H3,(H,33,38)(H3,32,34,35)/t17-/m0/s1. The number of carbonyl (C=O) groups is 1. The first kappa shape index (κ1) is 28.5. The largest absolute Gasteiger partial charge is 0.480 e. The van der Waals surface area contributed by atoms with Crippen molar-refractivity contribution < 1.29 is 22.7 Å². The van der Waals surface area contributed by atoms with Gasteiger partial charge in [0.1, 0.15) is 5.75 Å². The van der Waals surface area contributed by atoms with Crippen LogP contribution in [0.25, 0.3) is 22.0 Å². The lowest BCUT2D eigenvalue weighted by molar-refractivity contribution is -0.188. The third kappa shape index (κ3) is 6.58. The van der Waals surface area contributed by atoms with Crippen LogP contribution >= 0.6 is 0 Å². The number of carbonyl (C=O) groups excluding carboxylic acids is 1. The summed E-state index contributed by atoms with van der Waals surface area (Å²) in [5.41, 5.74) is 9.32. The number of aromatic nitrogens is 2. The second kappa shape index (κ2) is 11.0. The van der Waals surface area contributed by atoms with Gasteiger partial charge in [-0.2, -0.15) is 18.3 Å². The molecule has 2 aromatic carbocycles. The molecular weight excluding hydrogens is 509 g/mol. The zero-order valence-electron chi connectivity index (χ0n) is 23.1. The molecule has 1 aromatic heterocycles. The van der Waals surface area contributed by atoms with Gasteiger partial charge in [0.05, 0.1) is 22.2 Å². The first-order valence-corrected chi connectivity index (χ1v) is 13.1. The van der Waals surface area contributed by atoms with E-state index in [0.29, 0.717) is 22.0 Å². The molecule has 11 heteroatoms. The lowest BCUT2D eigenvalue weighted by Crippen LogP contribution is -2.47. The van der Waals surface area contributed by atoms with Crippen LogP contribution in [0.2, 0.25) is 0 Å². The Morgan fingerprint density at radius 3 is 2.44 bits per heavy atom. The molecule has 212 valence electrons. The number of fused-ring (bicyclic) bond motifs is 1. The van der Waals surface area contributed by atoms with Crippen molar-refractivity contribution in [3.05, 3.63) is 35.9 Å². The molecule has 2 heterocycles. The minimum absolute atomic E-state index is 0.0111. The lowest BCUT2D eigenvalue weighted by Gasteiger charge is -2.38. The Kier molecular flexibility index (Phi) is 8.02. The van der Waals surface area contributed by atoms with E-state index in [-0.39, 0.29) is 22.9 Å². The van der Waals surface area contributed by atoms with Gasteiger partial charge in [0.25, 0.3) is 5.91 Å². The molecule has 0 saturated carbocycles. The van der Waals surface area contributed by atoms with Crippen molar-refractivity contribution in [3.8, 4) is 16.9 Å². The van der Waals surface area contributed by atoms with Crippen LogP contribution in [0.4, 0.5) is 24.7 Å². The minimum Gasteiger partial charge on any atom is -0.480 e. The summed E-state index contributed by atoms with van der Waals surface area (Å²) in [4.78, 5) is 17.4. The van der Waals surface area contributed by atoms with Crippen LogP contribution in [0.3, 0.4) is 0 Å². The third-order valence-electron chi connectivity index (χ3n) is 7.11. The number of piperazine rings is 1. The number of nitrogens with one attached hydrogen (secondary N) is 2. The van der Waals surface area contributed by atoms with Crippen molar-refractivity contribution in [1.82, 2.24) is 20.4 Å². The zero-order valence-corrected chi connectivity index (χ0v) is 23.1. The summed E-state index contributed by atoms with van der Waals surface area (Å²) in [5.74, 6) is -0.157. The SMILES string of the molecule is CNC(=O)c1ccc(-c2cc(O[C@@H](C)C(F)(F)F)c3c(N)n[nH]c3c2)cc1N1CCN(CCC(C)(C)C)CC1. The fourth-order valence-corrected chi connectivity index (χ4v) is 4.67. The summed E-state index contributed by atoms with van der Waals surface area (Å²) < 4.78 is 45.2. The number of ether oxygens (including phenoxy) is 1. The second-order valence-corrected chi connectivity index (χ2v) is 11.3. The van der Waals surface area contributed by atoms with Gasteiger partial charge >= 0.3 is 6.18 Å². The van der Waals surface area contributed by atoms with E-state index in [1.165, 1.54) is 0 Å². The van der Waals surface area contributed by atoms with Crippen LogP contribution in [0.5, 0.6) is 5.75 Å². The van der Waals surface area contributed by atoms with Crippen molar-refractivity contribution in [2.75, 3.05) is 50.4 Å². The van der Waals surface area contributed by atoms with Gasteiger partial charge in [-0.25, -0.2) is 0 Å². The van der Waals surface area contributed by atoms with Crippen LogP contribution in [0.15, 0.2) is 30.3 Å². The van der Waals surface area contributed by atoms with E-state index >= 15 is 0 Å². The number of amides is 1. The van der Waals surface area contributed by atoms with Crippen molar-refractivity contribution >= 4 is 28.3 Å². The van der Waals surface area contributed by atoms with Crippen molar-refractivity contribution in [1.29, 1.82) is 0 Å². The molecule has 4 rings (SSSR count). The minimum atomic E-state index is -4.54. The molecule has 0 aliphatic carbocycles. The number of hydrogen-bond donors (Lipinski definition) is 3. The summed E-state index contributed by atoms with van der Waals surface area (Å²) >= 11 is 0. The number of halogens is 3. The number of nitrogens with zero attached hydrogens (tertiary/aromatic N) is 3. The van der Waals surface area contributed by atoms with Gasteiger partial charge in [0.2, 0.25) is 0 Å². The number of anilines is 2. The Balaban J connectivity index is 1.68. The van der Waals surface area contributed by atoms with Crippen molar-refractivity contribution in [2.45, 2.75) is 46.4 Å². The average molecular weight is 547 g/mol. The van der Waals surface area contributed by atoms with E-state index in [4.69, 9.17) is 10.5 Å². The molecule has 8 nitrogen and oxygen atoms in total. The number of benzene rings is 2. The van der Waals surface area contributed by atoms with Gasteiger partial charge in [0.15, 0.2) is 11.9 Å². The molecule has 0 radical (unpaired) electrons. The molecule has 4 N–H and O–H groups in total. The first-order chi connectivity index (χ1) is 18.3. The predicted molar refractivity (Wildman–Crippen MR) is 148 cm³/mol. The van der Waals surface area contributed by atoms with E-state index < -0.39 is 12.3 Å². The van der Waals surface area contributed by atoms with E-state index in [1.54, 1.807) is 31.3 Å². The third-order valence-corrected chi connectivity index (χ3v) is 7.11. The van der Waals surface area contributed by atoms with E-state index in [0.717, 1.165) is 57.3 Å². The van der Waals surface area contributed by atoms with Gasteiger partial charge in [-0.15, -0.1) is 0 Å². The normalized spacial score (nSPS) is 15.9. The van der Waals surface area contributed by atoms with Gasteiger partial charge in [0, 0.05) is 33.2 Å². The molecule has 1 amide bonds. The quantitative estimate of drug-likeness (QED) is 0.383. The molecule has 0 spiro atoms. The van der Waals surface area contributed by atoms with E-state index in [9.17, 15) is 18.0 Å². The molecular formula is C28H37F3N6O2. The number of hydrogen-bond acceptors (Lipinski definition) is 6. The summed E-state index contributed by atoms with van der Waals surface area (Å²) in [7, 11) is 1.59. The smallest absolute Gasteiger partial charge is 0.425 e. The highest BCUT2D eigenvalue weighted by Gasteiger charge is 2.38. The maximum absolute atomic E-state index is 13.3. The predicted octanol–water partition coefficient (Wildman–Crippen LogP) is 5.06. The van der Waals surface area contributed by atoms with Crippen LogP contribution in [0.1, 0.15) is 44.5 Å². The molecule has 1 fully saturated rings. The highest BCUT2D eigenvalue weighted by molar-refractivity contribution is 6.01. The van der Waals surface area contributed by atoms with Crippen LogP contribution < -0.4 is 20.7 Å². The van der Waals surface area contributed by atoms with Gasteiger partial charge in [-0.05, 0) is 60.7 Å². The van der Waals surface area contributed by atoms with Crippen LogP contribution in [0, 0.1) is 5.41 Å². The Morgan fingerprint density at radius 1 is 1.13 bits per heavy atom. The van der Waals surface area contributed by atoms with Gasteiger partial charge in [-0.3, -0.25) is 14.8 Å². The molecule has 1 saturated heterocycles. The number of aromatic amines is 1. The Hall–Kier alpha value is -3.47. The maximum atomic E-state index is 13.3. The van der Waals surface area contributed by atoms with Crippen molar-refractivity contribution in [2.24, 2.45) is 5.41 Å². The molecule has 1 aliphatic rings. The Morgan fingerprint density at radius 2 is 1.82 bits per heavy atom. The van der Waals surface area contributed by atoms with E-state index in [1.807, 2.05) is 6.07 Å². The summed E-state index contributed by atoms with van der Waals surface area (Å²) in [6.07, 6.45) is -5.48. The number of nitrogen functional groups attached to an aromatic ring is 1. The molecule has 1 aliphatic heterocycles. The lowest BCUT2D eigenvalue weighted by atomic mass is 9.92. The van der Waals surface area contributed by atoms with Crippen LogP contribution in [-0.4, -0.2) is 73.1 Å². The van der Waals surface area contributed by atoms with Crippen LogP contribution in [-0.2, 0) is 0 Å². The van der Waals surface area contributed by atoms with Gasteiger partial charge < -0.3 is 20.7 Å². The summed E-state index contributed by atoms with van der Waals surface area (Å²) in [5, 5.41) is 9.74. The molecule has 3 aromatic rings. The number of rotatable bonds is 7.